The number of fused-ring (bicyclic) bond motifs is 1. The Kier molecular flexibility index (Phi) is 7.33. The topological polar surface area (TPSA) is 131 Å². The molecule has 0 bridgehead atoms. The summed E-state index contributed by atoms with van der Waals surface area (Å²) in [5, 5.41) is 6.06. The maximum absolute atomic E-state index is 14.6. The number of benzene rings is 1. The molecule has 13 heteroatoms. The molecule has 3 heterocycles. The van der Waals surface area contributed by atoms with Crippen LogP contribution in [-0.2, 0) is 9.59 Å². The Hall–Kier alpha value is -3.54. The number of hydrogen-bond acceptors (Lipinski definition) is 7. The average Bonchev–Trinajstić information content (AvgIpc) is 3.23. The van der Waals surface area contributed by atoms with E-state index in [2.05, 4.69) is 20.6 Å². The summed E-state index contributed by atoms with van der Waals surface area (Å²) in [6.07, 6.45) is 5.69. The SMILES string of the molecule is CC(=O)N1CCCC(Nc2ncc3nc(Nc4c(F)cc(Cl)cc4F)n(C4CCC(C(N)=O)CC4)c3n2)C1. The molecule has 1 aliphatic carbocycles. The van der Waals surface area contributed by atoms with Crippen molar-refractivity contribution in [2.24, 2.45) is 11.7 Å². The lowest BCUT2D eigenvalue weighted by Crippen LogP contribution is -2.44. The van der Waals surface area contributed by atoms with E-state index in [9.17, 15) is 18.4 Å². The van der Waals surface area contributed by atoms with E-state index in [0.29, 0.717) is 49.3 Å². The van der Waals surface area contributed by atoms with Gasteiger partial charge < -0.3 is 21.3 Å². The third-order valence-electron chi connectivity index (χ3n) is 7.34. The van der Waals surface area contributed by atoms with E-state index in [4.69, 9.17) is 22.3 Å². The van der Waals surface area contributed by atoms with Crippen LogP contribution in [0.4, 0.5) is 26.4 Å². The number of primary amides is 1. The smallest absolute Gasteiger partial charge is 0.225 e. The first-order chi connectivity index (χ1) is 18.2. The van der Waals surface area contributed by atoms with Gasteiger partial charge in [-0.25, -0.2) is 18.7 Å². The Balaban J connectivity index is 1.50. The quantitative estimate of drug-likeness (QED) is 0.423. The lowest BCUT2D eigenvalue weighted by Gasteiger charge is -2.32. The van der Waals surface area contributed by atoms with Gasteiger partial charge in [0.15, 0.2) is 17.3 Å². The number of carbonyl (C=O) groups is 2. The Morgan fingerprint density at radius 3 is 2.47 bits per heavy atom. The van der Waals surface area contributed by atoms with Crippen molar-refractivity contribution >= 4 is 52.2 Å². The summed E-state index contributed by atoms with van der Waals surface area (Å²) in [5.74, 6) is -1.66. The van der Waals surface area contributed by atoms with Gasteiger partial charge in [-0.15, -0.1) is 0 Å². The number of amides is 2. The molecular formula is C25H29ClF2N8O2. The van der Waals surface area contributed by atoms with Crippen LogP contribution in [0.1, 0.15) is 51.5 Å². The molecule has 0 radical (unpaired) electrons. The normalized spacial score (nSPS) is 21.9. The van der Waals surface area contributed by atoms with Crippen molar-refractivity contribution in [1.29, 1.82) is 0 Å². The molecule has 1 saturated carbocycles. The van der Waals surface area contributed by atoms with E-state index < -0.39 is 11.6 Å². The first-order valence-corrected chi connectivity index (χ1v) is 13.0. The number of nitrogens with one attached hydrogen (secondary N) is 2. The highest BCUT2D eigenvalue weighted by molar-refractivity contribution is 6.30. The number of hydrogen-bond donors (Lipinski definition) is 3. The van der Waals surface area contributed by atoms with Crippen molar-refractivity contribution in [2.75, 3.05) is 23.7 Å². The lowest BCUT2D eigenvalue weighted by molar-refractivity contribution is -0.129. The zero-order chi connectivity index (χ0) is 27.0. The first kappa shape index (κ1) is 26.1. The largest absolute Gasteiger partial charge is 0.369 e. The van der Waals surface area contributed by atoms with E-state index in [0.717, 1.165) is 31.5 Å². The monoisotopic (exact) mass is 546 g/mol. The number of rotatable bonds is 6. The lowest BCUT2D eigenvalue weighted by atomic mass is 9.85. The van der Waals surface area contributed by atoms with Crippen LogP contribution in [0.25, 0.3) is 11.2 Å². The fourth-order valence-corrected chi connectivity index (χ4v) is 5.54. The van der Waals surface area contributed by atoms with Gasteiger partial charge in [-0.3, -0.25) is 14.2 Å². The third-order valence-corrected chi connectivity index (χ3v) is 7.56. The predicted octanol–water partition coefficient (Wildman–Crippen LogP) is 4.14. The minimum Gasteiger partial charge on any atom is -0.369 e. The van der Waals surface area contributed by atoms with E-state index in [1.807, 2.05) is 4.57 Å². The molecule has 1 aliphatic heterocycles. The molecule has 38 heavy (non-hydrogen) atoms. The van der Waals surface area contributed by atoms with E-state index in [1.165, 1.54) is 0 Å². The second kappa shape index (κ2) is 10.7. The van der Waals surface area contributed by atoms with Crippen molar-refractivity contribution in [3.8, 4) is 0 Å². The Labute approximate surface area is 223 Å². The zero-order valence-corrected chi connectivity index (χ0v) is 21.6. The number of carbonyl (C=O) groups excluding carboxylic acids is 2. The Bertz CT molecular complexity index is 1350. The predicted molar refractivity (Wildman–Crippen MR) is 139 cm³/mol. The molecule has 2 aromatic heterocycles. The summed E-state index contributed by atoms with van der Waals surface area (Å²) < 4.78 is 31.1. The van der Waals surface area contributed by atoms with Gasteiger partial charge in [0.25, 0.3) is 0 Å². The minimum atomic E-state index is -0.855. The molecule has 2 aliphatic rings. The summed E-state index contributed by atoms with van der Waals surface area (Å²) in [6, 6.07) is 1.90. The molecule has 1 saturated heterocycles. The zero-order valence-electron chi connectivity index (χ0n) is 20.9. The molecule has 4 N–H and O–H groups in total. The number of aromatic nitrogens is 4. The standard InChI is InChI=1S/C25H29ClF2N8O2/c1-13(37)35-8-2-3-16(12-35)31-24-30-11-20-23(34-24)36(17-6-4-14(5-7-17)22(29)38)25(32-20)33-21-18(27)9-15(26)10-19(21)28/h9-11,14,16-17H,2-8,12H2,1H3,(H2,29,38)(H,32,33)(H,30,31,34). The van der Waals surface area contributed by atoms with Crippen LogP contribution < -0.4 is 16.4 Å². The van der Waals surface area contributed by atoms with Crippen LogP contribution in [0.15, 0.2) is 18.3 Å². The molecule has 3 aromatic rings. The van der Waals surface area contributed by atoms with Crippen LogP contribution in [0.5, 0.6) is 0 Å². The molecule has 2 fully saturated rings. The highest BCUT2D eigenvalue weighted by Crippen LogP contribution is 2.37. The Morgan fingerprint density at radius 1 is 1.11 bits per heavy atom. The van der Waals surface area contributed by atoms with Gasteiger partial charge in [0, 0.05) is 43.0 Å². The summed E-state index contributed by atoms with van der Waals surface area (Å²) in [6.45, 7) is 2.83. The maximum Gasteiger partial charge on any atom is 0.225 e. The van der Waals surface area contributed by atoms with Crippen molar-refractivity contribution in [3.63, 3.8) is 0 Å². The summed E-state index contributed by atoms with van der Waals surface area (Å²) in [4.78, 5) is 39.0. The van der Waals surface area contributed by atoms with Crippen molar-refractivity contribution in [3.05, 3.63) is 35.0 Å². The number of nitrogens with two attached hydrogens (primary N) is 1. The molecule has 1 unspecified atom stereocenters. The maximum atomic E-state index is 14.6. The van der Waals surface area contributed by atoms with Crippen molar-refractivity contribution < 1.29 is 18.4 Å². The van der Waals surface area contributed by atoms with Gasteiger partial charge in [-0.1, -0.05) is 11.6 Å². The molecule has 1 atom stereocenters. The number of halogens is 3. The third kappa shape index (κ3) is 5.35. The molecule has 0 spiro atoms. The number of likely N-dealkylation sites (tertiary alicyclic amines) is 1. The highest BCUT2D eigenvalue weighted by Gasteiger charge is 2.30. The molecule has 202 valence electrons. The van der Waals surface area contributed by atoms with Crippen LogP contribution in [0, 0.1) is 17.6 Å². The van der Waals surface area contributed by atoms with E-state index >= 15 is 0 Å². The summed E-state index contributed by atoms with van der Waals surface area (Å²) in [7, 11) is 0. The number of nitrogens with zero attached hydrogens (tertiary/aromatic N) is 5. The molecule has 5 rings (SSSR count). The molecular weight excluding hydrogens is 518 g/mol. The minimum absolute atomic E-state index is 0.0117. The van der Waals surface area contributed by atoms with Gasteiger partial charge in [-0.05, 0) is 50.7 Å². The van der Waals surface area contributed by atoms with Crippen LogP contribution in [0.3, 0.4) is 0 Å². The summed E-state index contributed by atoms with van der Waals surface area (Å²) >= 11 is 5.79. The van der Waals surface area contributed by atoms with Crippen LogP contribution >= 0.6 is 11.6 Å². The fraction of sp³-hybridized carbons (Fsp3) is 0.480. The summed E-state index contributed by atoms with van der Waals surface area (Å²) in [5.41, 5.74) is 6.07. The second-order valence-electron chi connectivity index (χ2n) is 9.93. The number of piperidine rings is 1. The second-order valence-corrected chi connectivity index (χ2v) is 10.4. The Morgan fingerprint density at radius 2 is 1.82 bits per heavy atom. The van der Waals surface area contributed by atoms with Crippen molar-refractivity contribution in [1.82, 2.24) is 24.4 Å². The van der Waals surface area contributed by atoms with Gasteiger partial charge in [0.05, 0.1) is 6.20 Å². The number of imidazole rings is 1. The van der Waals surface area contributed by atoms with E-state index in [1.54, 1.807) is 18.0 Å². The number of anilines is 3. The van der Waals surface area contributed by atoms with Gasteiger partial charge in [0.2, 0.25) is 23.7 Å². The van der Waals surface area contributed by atoms with E-state index in [-0.39, 0.29) is 46.5 Å². The molecule has 1 aromatic carbocycles. The first-order valence-electron chi connectivity index (χ1n) is 12.7. The van der Waals surface area contributed by atoms with Gasteiger partial charge in [0.1, 0.15) is 11.2 Å². The van der Waals surface area contributed by atoms with Crippen LogP contribution in [0.2, 0.25) is 5.02 Å². The highest BCUT2D eigenvalue weighted by atomic mass is 35.5. The van der Waals surface area contributed by atoms with Gasteiger partial charge in [-0.2, -0.15) is 4.98 Å². The average molecular weight is 547 g/mol. The fourth-order valence-electron chi connectivity index (χ4n) is 5.35. The van der Waals surface area contributed by atoms with Crippen LogP contribution in [-0.4, -0.2) is 55.4 Å². The van der Waals surface area contributed by atoms with Gasteiger partial charge >= 0.3 is 0 Å². The molecule has 10 nitrogen and oxygen atoms in total. The molecule has 2 amide bonds. The van der Waals surface area contributed by atoms with Crippen molar-refractivity contribution in [2.45, 2.75) is 57.5 Å².